The number of nitrogens with zero attached hydrogens (tertiary/aromatic N) is 2. The molecule has 0 aliphatic heterocycles. The van der Waals surface area contributed by atoms with Gasteiger partial charge in [-0.2, -0.15) is 5.10 Å². The van der Waals surface area contributed by atoms with Crippen LogP contribution in [-0.2, 0) is 16.1 Å². The summed E-state index contributed by atoms with van der Waals surface area (Å²) in [6.45, 7) is 7.80. The van der Waals surface area contributed by atoms with Crippen molar-refractivity contribution in [3.8, 4) is 11.3 Å². The SMILES string of the molecule is Cc1ccc(-c2nn(Cc3ccccc3)cc2C(=O)OC(C)C(=O)NC(C)C)cc1. The number of hydrogen-bond acceptors (Lipinski definition) is 4. The molecule has 0 bridgehead atoms. The highest BCUT2D eigenvalue weighted by Gasteiger charge is 2.24. The van der Waals surface area contributed by atoms with Gasteiger partial charge in [0.2, 0.25) is 0 Å². The Balaban J connectivity index is 1.89. The van der Waals surface area contributed by atoms with Crippen LogP contribution in [0.25, 0.3) is 11.3 Å². The first-order valence-corrected chi connectivity index (χ1v) is 10.0. The van der Waals surface area contributed by atoms with Crippen LogP contribution in [0.1, 0.15) is 42.3 Å². The van der Waals surface area contributed by atoms with Crippen LogP contribution in [0.3, 0.4) is 0 Å². The van der Waals surface area contributed by atoms with Crippen molar-refractivity contribution in [3.05, 3.63) is 77.5 Å². The molecule has 0 fully saturated rings. The predicted molar refractivity (Wildman–Crippen MR) is 116 cm³/mol. The van der Waals surface area contributed by atoms with Crippen molar-refractivity contribution < 1.29 is 14.3 Å². The van der Waals surface area contributed by atoms with Crippen LogP contribution in [0.15, 0.2) is 60.8 Å². The van der Waals surface area contributed by atoms with Gasteiger partial charge in [0, 0.05) is 17.8 Å². The van der Waals surface area contributed by atoms with Crippen LogP contribution in [0, 0.1) is 6.92 Å². The highest BCUT2D eigenvalue weighted by atomic mass is 16.5. The zero-order valence-electron chi connectivity index (χ0n) is 17.8. The molecule has 1 unspecified atom stereocenters. The maximum Gasteiger partial charge on any atom is 0.342 e. The fourth-order valence-corrected chi connectivity index (χ4v) is 3.03. The van der Waals surface area contributed by atoms with E-state index in [-0.39, 0.29) is 11.9 Å². The van der Waals surface area contributed by atoms with Crippen LogP contribution >= 0.6 is 0 Å². The molecule has 0 saturated carbocycles. The van der Waals surface area contributed by atoms with Gasteiger partial charge >= 0.3 is 5.97 Å². The lowest BCUT2D eigenvalue weighted by atomic mass is 10.1. The fraction of sp³-hybridized carbons (Fsp3) is 0.292. The van der Waals surface area contributed by atoms with Crippen LogP contribution in [-0.4, -0.2) is 33.8 Å². The lowest BCUT2D eigenvalue weighted by Crippen LogP contribution is -2.39. The molecule has 1 aromatic heterocycles. The summed E-state index contributed by atoms with van der Waals surface area (Å²) in [4.78, 5) is 25.1. The van der Waals surface area contributed by atoms with E-state index in [1.807, 2.05) is 75.4 Å². The zero-order valence-corrected chi connectivity index (χ0v) is 17.8. The van der Waals surface area contributed by atoms with Crippen molar-refractivity contribution in [1.82, 2.24) is 15.1 Å². The van der Waals surface area contributed by atoms with E-state index < -0.39 is 12.1 Å². The molecule has 6 heteroatoms. The standard InChI is InChI=1S/C24H27N3O3/c1-16(2)25-23(28)18(4)30-24(29)21-15-27(14-19-8-6-5-7-9-19)26-22(21)20-12-10-17(3)11-13-20/h5-13,15-16,18H,14H2,1-4H3,(H,25,28). The molecular weight excluding hydrogens is 378 g/mol. The summed E-state index contributed by atoms with van der Waals surface area (Å²) in [5.74, 6) is -0.900. The monoisotopic (exact) mass is 405 g/mol. The lowest BCUT2D eigenvalue weighted by molar-refractivity contribution is -0.129. The first-order chi connectivity index (χ1) is 14.3. The largest absolute Gasteiger partial charge is 0.449 e. The van der Waals surface area contributed by atoms with Gasteiger partial charge in [-0.1, -0.05) is 60.2 Å². The maximum atomic E-state index is 12.9. The number of aryl methyl sites for hydroxylation is 1. The zero-order chi connectivity index (χ0) is 21.7. The van der Waals surface area contributed by atoms with E-state index in [0.29, 0.717) is 17.8 Å². The third-order valence-corrected chi connectivity index (χ3v) is 4.58. The minimum atomic E-state index is -0.900. The number of ether oxygens (including phenoxy) is 1. The van der Waals surface area contributed by atoms with Gasteiger partial charge < -0.3 is 10.1 Å². The molecule has 1 N–H and O–H groups in total. The van der Waals surface area contributed by atoms with Gasteiger partial charge in [-0.05, 0) is 33.3 Å². The van der Waals surface area contributed by atoms with Crippen LogP contribution in [0.2, 0.25) is 0 Å². The highest BCUT2D eigenvalue weighted by Crippen LogP contribution is 2.24. The molecule has 1 amide bonds. The second-order valence-corrected chi connectivity index (χ2v) is 7.65. The topological polar surface area (TPSA) is 73.2 Å². The van der Waals surface area contributed by atoms with E-state index in [1.165, 1.54) is 0 Å². The molecule has 0 saturated heterocycles. The minimum Gasteiger partial charge on any atom is -0.449 e. The molecule has 30 heavy (non-hydrogen) atoms. The molecular formula is C24H27N3O3. The summed E-state index contributed by atoms with van der Waals surface area (Å²) >= 11 is 0. The van der Waals surface area contributed by atoms with Gasteiger partial charge in [-0.3, -0.25) is 9.48 Å². The first kappa shape index (κ1) is 21.3. The Kier molecular flexibility index (Phi) is 6.67. The fourth-order valence-electron chi connectivity index (χ4n) is 3.03. The second kappa shape index (κ2) is 9.39. The molecule has 1 heterocycles. The number of amides is 1. The van der Waals surface area contributed by atoms with Gasteiger partial charge in [0.15, 0.2) is 6.10 Å². The Hall–Kier alpha value is -3.41. The summed E-state index contributed by atoms with van der Waals surface area (Å²) in [5.41, 5.74) is 3.87. The molecule has 0 aliphatic carbocycles. The van der Waals surface area contributed by atoms with Crippen LogP contribution < -0.4 is 5.32 Å². The number of carbonyl (C=O) groups excluding carboxylic acids is 2. The minimum absolute atomic E-state index is 0.0320. The van der Waals surface area contributed by atoms with E-state index in [9.17, 15) is 9.59 Å². The molecule has 2 aromatic carbocycles. The Bertz CT molecular complexity index is 1010. The summed E-state index contributed by atoms with van der Waals surface area (Å²) < 4.78 is 7.17. The van der Waals surface area contributed by atoms with E-state index >= 15 is 0 Å². The van der Waals surface area contributed by atoms with Gasteiger partial charge in [-0.15, -0.1) is 0 Å². The van der Waals surface area contributed by atoms with E-state index in [0.717, 1.165) is 16.7 Å². The average molecular weight is 405 g/mol. The molecule has 6 nitrogen and oxygen atoms in total. The molecule has 1 atom stereocenters. The number of aromatic nitrogens is 2. The maximum absolute atomic E-state index is 12.9. The van der Waals surface area contributed by atoms with Crippen molar-refractivity contribution in [2.45, 2.75) is 46.4 Å². The number of benzene rings is 2. The Labute approximate surface area is 176 Å². The summed E-state index contributed by atoms with van der Waals surface area (Å²) in [7, 11) is 0. The molecule has 3 aromatic rings. The van der Waals surface area contributed by atoms with Crippen molar-refractivity contribution in [3.63, 3.8) is 0 Å². The number of nitrogens with one attached hydrogen (secondary N) is 1. The first-order valence-electron chi connectivity index (χ1n) is 10.0. The molecule has 3 rings (SSSR count). The Morgan fingerprint density at radius 3 is 2.33 bits per heavy atom. The van der Waals surface area contributed by atoms with Crippen molar-refractivity contribution in [2.75, 3.05) is 0 Å². The summed E-state index contributed by atoms with van der Waals surface area (Å²) in [6, 6.07) is 17.7. The van der Waals surface area contributed by atoms with Gasteiger partial charge in [0.1, 0.15) is 11.3 Å². The number of carbonyl (C=O) groups is 2. The quantitative estimate of drug-likeness (QED) is 0.604. The normalized spacial score (nSPS) is 11.9. The molecule has 156 valence electrons. The van der Waals surface area contributed by atoms with Gasteiger partial charge in [0.05, 0.1) is 6.54 Å². The number of rotatable bonds is 7. The van der Waals surface area contributed by atoms with Crippen molar-refractivity contribution in [1.29, 1.82) is 0 Å². The smallest absolute Gasteiger partial charge is 0.342 e. The van der Waals surface area contributed by atoms with Crippen LogP contribution in [0.4, 0.5) is 0 Å². The van der Waals surface area contributed by atoms with Gasteiger partial charge in [0.25, 0.3) is 5.91 Å². The molecule has 0 spiro atoms. The summed E-state index contributed by atoms with van der Waals surface area (Å²) in [5, 5.41) is 7.40. The van der Waals surface area contributed by atoms with Gasteiger partial charge in [-0.25, -0.2) is 4.79 Å². The Morgan fingerprint density at radius 1 is 1.03 bits per heavy atom. The van der Waals surface area contributed by atoms with E-state index in [1.54, 1.807) is 17.8 Å². The van der Waals surface area contributed by atoms with Crippen molar-refractivity contribution in [2.24, 2.45) is 0 Å². The van der Waals surface area contributed by atoms with Crippen molar-refractivity contribution >= 4 is 11.9 Å². The Morgan fingerprint density at radius 2 is 1.70 bits per heavy atom. The third-order valence-electron chi connectivity index (χ3n) is 4.58. The predicted octanol–water partition coefficient (Wildman–Crippen LogP) is 3.98. The highest BCUT2D eigenvalue weighted by molar-refractivity contribution is 5.97. The lowest BCUT2D eigenvalue weighted by Gasteiger charge is -2.15. The summed E-state index contributed by atoms with van der Waals surface area (Å²) in [6.07, 6.45) is 0.778. The average Bonchev–Trinajstić information content (AvgIpc) is 3.12. The van der Waals surface area contributed by atoms with Crippen LogP contribution in [0.5, 0.6) is 0 Å². The third kappa shape index (κ3) is 5.35. The molecule has 0 radical (unpaired) electrons. The second-order valence-electron chi connectivity index (χ2n) is 7.65. The molecule has 0 aliphatic rings. The number of hydrogen-bond donors (Lipinski definition) is 1. The number of esters is 1. The van der Waals surface area contributed by atoms with E-state index in [2.05, 4.69) is 10.4 Å². The van der Waals surface area contributed by atoms with E-state index in [4.69, 9.17) is 4.74 Å².